The molecule has 0 saturated heterocycles. The third-order valence-electron chi connectivity index (χ3n) is 3.88. The first kappa shape index (κ1) is 14.1. The quantitative estimate of drug-likeness (QED) is 0.615. The van der Waals surface area contributed by atoms with E-state index in [0.717, 1.165) is 23.7 Å². The highest BCUT2D eigenvalue weighted by Crippen LogP contribution is 2.31. The lowest BCUT2D eigenvalue weighted by Gasteiger charge is -2.12. The van der Waals surface area contributed by atoms with Crippen LogP contribution < -0.4 is 5.32 Å². The molecule has 0 amide bonds. The van der Waals surface area contributed by atoms with Gasteiger partial charge in [-0.1, -0.05) is 25.1 Å². The highest BCUT2D eigenvalue weighted by atomic mass is 32.1. The first-order valence-corrected chi connectivity index (χ1v) is 8.52. The minimum atomic E-state index is 0.193. The summed E-state index contributed by atoms with van der Waals surface area (Å²) in [5, 5.41) is 17.6. The third-order valence-corrected chi connectivity index (χ3v) is 5.18. The van der Waals surface area contributed by atoms with Crippen LogP contribution in [-0.4, -0.2) is 19.8 Å². The molecule has 5 nitrogen and oxygen atoms in total. The highest BCUT2D eigenvalue weighted by Gasteiger charge is 2.11. The van der Waals surface area contributed by atoms with Crippen molar-refractivity contribution in [1.29, 1.82) is 0 Å². The summed E-state index contributed by atoms with van der Waals surface area (Å²) in [6, 6.07) is 14.8. The van der Waals surface area contributed by atoms with E-state index in [9.17, 15) is 0 Å². The Morgan fingerprint density at radius 1 is 1.17 bits per heavy atom. The largest absolute Gasteiger partial charge is 0.361 e. The molecule has 1 unspecified atom stereocenters. The molecule has 3 aromatic heterocycles. The van der Waals surface area contributed by atoms with E-state index in [1.807, 2.05) is 23.5 Å². The van der Waals surface area contributed by atoms with Gasteiger partial charge in [0.15, 0.2) is 11.5 Å². The van der Waals surface area contributed by atoms with Gasteiger partial charge in [0.2, 0.25) is 0 Å². The topological polar surface area (TPSA) is 55.1 Å². The van der Waals surface area contributed by atoms with E-state index in [2.05, 4.69) is 64.8 Å². The van der Waals surface area contributed by atoms with Crippen molar-refractivity contribution >= 4 is 32.9 Å². The number of aromatic nitrogens is 4. The van der Waals surface area contributed by atoms with Gasteiger partial charge in [-0.15, -0.1) is 26.6 Å². The predicted octanol–water partition coefficient (Wildman–Crippen LogP) is 4.07. The summed E-state index contributed by atoms with van der Waals surface area (Å²) in [7, 11) is 0. The lowest BCUT2D eigenvalue weighted by atomic mass is 10.2. The number of rotatable bonds is 4. The summed E-state index contributed by atoms with van der Waals surface area (Å²) >= 11 is 1.82. The van der Waals surface area contributed by atoms with Crippen molar-refractivity contribution in [2.45, 2.75) is 26.3 Å². The lowest BCUT2D eigenvalue weighted by Crippen LogP contribution is -2.09. The summed E-state index contributed by atoms with van der Waals surface area (Å²) in [4.78, 5) is 1.30. The van der Waals surface area contributed by atoms with Gasteiger partial charge in [0.25, 0.3) is 0 Å². The monoisotopic (exact) mass is 323 g/mol. The van der Waals surface area contributed by atoms with Crippen molar-refractivity contribution < 1.29 is 0 Å². The van der Waals surface area contributed by atoms with E-state index in [-0.39, 0.29) is 6.04 Å². The van der Waals surface area contributed by atoms with Crippen molar-refractivity contribution in [2.75, 3.05) is 5.32 Å². The maximum atomic E-state index is 4.61. The van der Waals surface area contributed by atoms with Crippen LogP contribution in [0.25, 0.3) is 15.7 Å². The average molecular weight is 323 g/mol. The first-order chi connectivity index (χ1) is 11.2. The van der Waals surface area contributed by atoms with Crippen molar-refractivity contribution in [1.82, 2.24) is 19.8 Å². The van der Waals surface area contributed by atoms with Gasteiger partial charge < -0.3 is 5.32 Å². The van der Waals surface area contributed by atoms with Crippen molar-refractivity contribution in [3.63, 3.8) is 0 Å². The Hall–Kier alpha value is -2.47. The molecule has 0 saturated carbocycles. The normalized spacial score (nSPS) is 12.8. The Labute approximate surface area is 138 Å². The number of nitrogens with one attached hydrogen (secondary N) is 1. The van der Waals surface area contributed by atoms with Crippen LogP contribution in [0.4, 0.5) is 5.82 Å². The molecule has 1 N–H and O–H groups in total. The van der Waals surface area contributed by atoms with Gasteiger partial charge in [-0.3, -0.25) is 0 Å². The molecular formula is C17H17N5S. The maximum Gasteiger partial charge on any atom is 0.178 e. The Kier molecular flexibility index (Phi) is 3.46. The fourth-order valence-corrected chi connectivity index (χ4v) is 3.71. The van der Waals surface area contributed by atoms with Gasteiger partial charge >= 0.3 is 0 Å². The summed E-state index contributed by atoms with van der Waals surface area (Å²) in [6.07, 6.45) is 0.809. The van der Waals surface area contributed by atoms with Crippen LogP contribution in [-0.2, 0) is 6.42 Å². The molecule has 23 heavy (non-hydrogen) atoms. The molecule has 1 atom stereocenters. The lowest BCUT2D eigenvalue weighted by molar-refractivity contribution is 0.808. The summed E-state index contributed by atoms with van der Waals surface area (Å²) in [5.41, 5.74) is 0.780. The highest BCUT2D eigenvalue weighted by molar-refractivity contribution is 7.19. The van der Waals surface area contributed by atoms with Gasteiger partial charge in [-0.05, 0) is 36.6 Å². The smallest absolute Gasteiger partial charge is 0.178 e. The average Bonchev–Trinajstić information content (AvgIpc) is 3.18. The maximum absolute atomic E-state index is 4.61. The Balaban J connectivity index is 1.63. The van der Waals surface area contributed by atoms with Gasteiger partial charge in [-0.25, -0.2) is 0 Å². The zero-order valence-corrected chi connectivity index (χ0v) is 13.8. The Morgan fingerprint density at radius 2 is 2.04 bits per heavy atom. The SMILES string of the molecule is CCc1nnc2ccc(NC(C)c3cc4ccccc4s3)nn12. The molecule has 116 valence electrons. The van der Waals surface area contributed by atoms with Crippen LogP contribution in [0, 0.1) is 0 Å². The second-order valence-corrected chi connectivity index (χ2v) is 6.63. The molecule has 0 aliphatic rings. The van der Waals surface area contributed by atoms with Crippen LogP contribution in [0.5, 0.6) is 0 Å². The number of fused-ring (bicyclic) bond motifs is 2. The molecule has 3 heterocycles. The number of hydrogen-bond donors (Lipinski definition) is 1. The van der Waals surface area contributed by atoms with Gasteiger partial charge in [0.05, 0.1) is 6.04 Å². The predicted molar refractivity (Wildman–Crippen MR) is 94.0 cm³/mol. The Bertz CT molecular complexity index is 938. The number of hydrogen-bond acceptors (Lipinski definition) is 5. The van der Waals surface area contributed by atoms with E-state index in [1.165, 1.54) is 15.0 Å². The fourth-order valence-electron chi connectivity index (χ4n) is 2.64. The van der Waals surface area contributed by atoms with E-state index < -0.39 is 0 Å². The van der Waals surface area contributed by atoms with Crippen molar-refractivity contribution in [3.8, 4) is 0 Å². The molecule has 4 rings (SSSR count). The summed E-state index contributed by atoms with van der Waals surface area (Å²) < 4.78 is 3.12. The zero-order chi connectivity index (χ0) is 15.8. The standard InChI is InChI=1S/C17H17N5S/c1-3-16-19-20-17-9-8-15(21-22(16)17)18-11(2)14-10-12-6-4-5-7-13(12)23-14/h4-11H,3H2,1-2H3,(H,18,21). The van der Waals surface area contributed by atoms with Crippen LogP contribution in [0.3, 0.4) is 0 Å². The summed E-state index contributed by atoms with van der Waals surface area (Å²) in [6.45, 7) is 4.21. The number of nitrogens with zero attached hydrogens (tertiary/aromatic N) is 4. The summed E-state index contributed by atoms with van der Waals surface area (Å²) in [5.74, 6) is 1.70. The van der Waals surface area contributed by atoms with Crippen LogP contribution in [0.1, 0.15) is 30.6 Å². The van der Waals surface area contributed by atoms with Crippen molar-refractivity contribution in [3.05, 3.63) is 53.2 Å². The molecular weight excluding hydrogens is 306 g/mol. The molecule has 0 bridgehead atoms. The molecule has 1 aromatic carbocycles. The first-order valence-electron chi connectivity index (χ1n) is 7.71. The molecule has 0 fully saturated rings. The van der Waals surface area contributed by atoms with Gasteiger partial charge in [0.1, 0.15) is 5.82 Å². The number of aryl methyl sites for hydroxylation is 1. The number of thiophene rings is 1. The van der Waals surface area contributed by atoms with E-state index in [0.29, 0.717) is 0 Å². The van der Waals surface area contributed by atoms with Crippen LogP contribution in [0.15, 0.2) is 42.5 Å². The number of benzene rings is 1. The molecule has 0 radical (unpaired) electrons. The van der Waals surface area contributed by atoms with E-state index >= 15 is 0 Å². The van der Waals surface area contributed by atoms with Gasteiger partial charge in [0, 0.05) is 16.0 Å². The van der Waals surface area contributed by atoms with E-state index in [4.69, 9.17) is 0 Å². The molecule has 0 aliphatic heterocycles. The van der Waals surface area contributed by atoms with Crippen LogP contribution >= 0.6 is 11.3 Å². The van der Waals surface area contributed by atoms with Crippen LogP contribution in [0.2, 0.25) is 0 Å². The molecule has 6 heteroatoms. The Morgan fingerprint density at radius 3 is 2.87 bits per heavy atom. The number of anilines is 1. The molecule has 0 spiro atoms. The molecule has 0 aliphatic carbocycles. The minimum Gasteiger partial charge on any atom is -0.361 e. The van der Waals surface area contributed by atoms with Gasteiger partial charge in [-0.2, -0.15) is 4.52 Å². The zero-order valence-electron chi connectivity index (χ0n) is 13.0. The second kappa shape index (κ2) is 5.62. The van der Waals surface area contributed by atoms with E-state index in [1.54, 1.807) is 4.52 Å². The fraction of sp³-hybridized carbons (Fsp3) is 0.235. The second-order valence-electron chi connectivity index (χ2n) is 5.51. The molecule has 4 aromatic rings. The minimum absolute atomic E-state index is 0.193. The third kappa shape index (κ3) is 2.55. The van der Waals surface area contributed by atoms with Crippen molar-refractivity contribution in [2.24, 2.45) is 0 Å².